The first-order chi connectivity index (χ1) is 13.7. The summed E-state index contributed by atoms with van der Waals surface area (Å²) in [6.45, 7) is 5.06. The minimum atomic E-state index is -0.253. The molecule has 0 aliphatic carbocycles. The Labute approximate surface area is 175 Å². The maximum absolute atomic E-state index is 12.1. The molecule has 4 rings (SSSR count). The molecule has 10 heteroatoms. The Morgan fingerprint density at radius 2 is 2.14 bits per heavy atom. The minimum Gasteiger partial charge on any atom is -0.444 e. The van der Waals surface area contributed by atoms with Crippen molar-refractivity contribution < 1.29 is 9.21 Å². The van der Waals surface area contributed by atoms with E-state index in [0.717, 1.165) is 40.9 Å². The smallest absolute Gasteiger partial charge is 0.287 e. The molecule has 0 atom stereocenters. The third-order valence-corrected chi connectivity index (χ3v) is 5.70. The largest absolute Gasteiger partial charge is 0.444 e. The van der Waals surface area contributed by atoms with Gasteiger partial charge in [0.05, 0.1) is 18.1 Å². The quantitative estimate of drug-likeness (QED) is 0.423. The van der Waals surface area contributed by atoms with Crippen LogP contribution >= 0.6 is 27.7 Å². The fraction of sp³-hybridized carbons (Fsp3) is 0.444. The molecule has 1 aliphatic rings. The van der Waals surface area contributed by atoms with E-state index in [1.807, 2.05) is 10.9 Å². The molecular weight excluding hydrogens is 444 g/mol. The highest BCUT2D eigenvalue weighted by Crippen LogP contribution is 2.29. The van der Waals surface area contributed by atoms with E-state index in [9.17, 15) is 4.79 Å². The summed E-state index contributed by atoms with van der Waals surface area (Å²) in [5, 5.41) is 9.08. The molecule has 1 amide bonds. The Kier molecular flexibility index (Phi) is 5.86. The Morgan fingerprint density at radius 1 is 1.32 bits per heavy atom. The highest BCUT2D eigenvalue weighted by Gasteiger charge is 2.20. The molecule has 3 aromatic heterocycles. The molecular formula is C18H21BrN6O2S. The first kappa shape index (κ1) is 19.3. The van der Waals surface area contributed by atoms with Gasteiger partial charge in [-0.3, -0.25) is 4.79 Å². The van der Waals surface area contributed by atoms with Gasteiger partial charge in [-0.25, -0.2) is 14.6 Å². The zero-order chi connectivity index (χ0) is 19.5. The van der Waals surface area contributed by atoms with Crippen LogP contribution in [0.15, 0.2) is 32.6 Å². The molecule has 4 heterocycles. The average Bonchev–Trinajstić information content (AvgIpc) is 3.43. The fourth-order valence-electron chi connectivity index (χ4n) is 3.25. The average molecular weight is 465 g/mol. The summed E-state index contributed by atoms with van der Waals surface area (Å²) < 4.78 is 7.63. The van der Waals surface area contributed by atoms with Gasteiger partial charge >= 0.3 is 0 Å². The van der Waals surface area contributed by atoms with Crippen LogP contribution < -0.4 is 10.2 Å². The summed E-state index contributed by atoms with van der Waals surface area (Å²) in [6.07, 6.45) is 4.20. The number of nitrogens with one attached hydrogen (secondary N) is 1. The summed E-state index contributed by atoms with van der Waals surface area (Å²) in [5.41, 5.74) is 0.808. The van der Waals surface area contributed by atoms with E-state index in [-0.39, 0.29) is 11.7 Å². The highest BCUT2D eigenvalue weighted by atomic mass is 79.9. The van der Waals surface area contributed by atoms with E-state index in [0.29, 0.717) is 17.8 Å². The molecule has 1 aliphatic heterocycles. The maximum atomic E-state index is 12.1. The lowest BCUT2D eigenvalue weighted by Crippen LogP contribution is -2.27. The van der Waals surface area contributed by atoms with Gasteiger partial charge in [-0.1, -0.05) is 18.7 Å². The third-order valence-electron chi connectivity index (χ3n) is 4.54. The summed E-state index contributed by atoms with van der Waals surface area (Å²) in [4.78, 5) is 23.9. The highest BCUT2D eigenvalue weighted by molar-refractivity contribution is 9.10. The molecule has 0 bridgehead atoms. The number of amides is 1. The summed E-state index contributed by atoms with van der Waals surface area (Å²) in [6, 6.07) is 3.33. The summed E-state index contributed by atoms with van der Waals surface area (Å²) in [7, 11) is 0. The molecule has 0 radical (unpaired) electrons. The van der Waals surface area contributed by atoms with E-state index in [4.69, 9.17) is 14.4 Å². The van der Waals surface area contributed by atoms with Gasteiger partial charge in [0.15, 0.2) is 21.2 Å². The van der Waals surface area contributed by atoms with Crippen LogP contribution in [-0.2, 0) is 6.54 Å². The van der Waals surface area contributed by atoms with E-state index in [2.05, 4.69) is 38.2 Å². The van der Waals surface area contributed by atoms with Crippen molar-refractivity contribution >= 4 is 50.5 Å². The normalized spacial score (nSPS) is 14.1. The van der Waals surface area contributed by atoms with Gasteiger partial charge in [0.25, 0.3) is 5.91 Å². The van der Waals surface area contributed by atoms with Crippen molar-refractivity contribution in [1.82, 2.24) is 25.1 Å². The van der Waals surface area contributed by atoms with Crippen LogP contribution in [0.25, 0.3) is 11.0 Å². The molecule has 1 fully saturated rings. The molecule has 148 valence electrons. The fourth-order valence-corrected chi connectivity index (χ4v) is 4.11. The number of thioether (sulfide) groups is 1. The van der Waals surface area contributed by atoms with Crippen LogP contribution in [0.2, 0.25) is 0 Å². The third kappa shape index (κ3) is 4.02. The Balaban J connectivity index is 1.53. The number of nitrogens with zero attached hydrogens (tertiary/aromatic N) is 5. The Bertz CT molecular complexity index is 982. The molecule has 0 aromatic carbocycles. The van der Waals surface area contributed by atoms with Crippen molar-refractivity contribution in [2.75, 3.05) is 30.3 Å². The van der Waals surface area contributed by atoms with E-state index >= 15 is 0 Å². The predicted octanol–water partition coefficient (Wildman–Crippen LogP) is 3.32. The Morgan fingerprint density at radius 3 is 2.86 bits per heavy atom. The number of carbonyl (C=O) groups excluding carboxylic acids is 1. The second-order valence-corrected chi connectivity index (χ2v) is 8.43. The summed E-state index contributed by atoms with van der Waals surface area (Å²) in [5.74, 6) is 1.90. The number of anilines is 1. The molecule has 3 aromatic rings. The SMILES string of the molecule is CCSc1nc(N2CCCC2)c2cnn(CCNC(=O)c3ccc(Br)o3)c2n1. The molecule has 8 nitrogen and oxygen atoms in total. The van der Waals surface area contributed by atoms with E-state index in [1.165, 1.54) is 12.8 Å². The molecule has 0 unspecified atom stereocenters. The van der Waals surface area contributed by atoms with Crippen molar-refractivity contribution in [2.45, 2.75) is 31.5 Å². The molecule has 28 heavy (non-hydrogen) atoms. The number of carbonyl (C=O) groups is 1. The van der Waals surface area contributed by atoms with Crippen LogP contribution in [0.5, 0.6) is 0 Å². The zero-order valence-electron chi connectivity index (χ0n) is 15.5. The molecule has 1 N–H and O–H groups in total. The summed E-state index contributed by atoms with van der Waals surface area (Å²) >= 11 is 4.83. The lowest BCUT2D eigenvalue weighted by molar-refractivity contribution is 0.0923. The standard InChI is InChI=1S/C18H21BrN6O2S/c1-2-28-18-22-15(24-8-3-4-9-24)12-11-21-25(16(12)23-18)10-7-20-17(26)13-5-6-14(19)27-13/h5-6,11H,2-4,7-10H2,1H3,(H,20,26). The zero-order valence-corrected chi connectivity index (χ0v) is 17.9. The number of fused-ring (bicyclic) bond motifs is 1. The first-order valence-electron chi connectivity index (χ1n) is 9.30. The van der Waals surface area contributed by atoms with Gasteiger partial charge < -0.3 is 14.6 Å². The number of furan rings is 1. The van der Waals surface area contributed by atoms with Gasteiger partial charge in [-0.15, -0.1) is 0 Å². The second-order valence-electron chi connectivity index (χ2n) is 6.42. The number of hydrogen-bond donors (Lipinski definition) is 1. The van der Waals surface area contributed by atoms with Crippen LogP contribution in [0, 0.1) is 0 Å². The van der Waals surface area contributed by atoms with Crippen LogP contribution in [0.3, 0.4) is 0 Å². The lowest BCUT2D eigenvalue weighted by atomic mass is 10.3. The van der Waals surface area contributed by atoms with Gasteiger partial charge in [0, 0.05) is 19.6 Å². The second kappa shape index (κ2) is 8.52. The molecule has 0 saturated carbocycles. The van der Waals surface area contributed by atoms with Crippen molar-refractivity contribution in [3.8, 4) is 0 Å². The lowest BCUT2D eigenvalue weighted by Gasteiger charge is -2.17. The molecule has 0 spiro atoms. The topological polar surface area (TPSA) is 89.1 Å². The van der Waals surface area contributed by atoms with Crippen molar-refractivity contribution in [3.63, 3.8) is 0 Å². The Hall–Kier alpha value is -2.07. The van der Waals surface area contributed by atoms with Crippen LogP contribution in [-0.4, -0.2) is 51.0 Å². The first-order valence-corrected chi connectivity index (χ1v) is 11.1. The monoisotopic (exact) mass is 464 g/mol. The van der Waals surface area contributed by atoms with Crippen molar-refractivity contribution in [1.29, 1.82) is 0 Å². The maximum Gasteiger partial charge on any atom is 0.287 e. The van der Waals surface area contributed by atoms with Gasteiger partial charge in [-0.2, -0.15) is 5.10 Å². The van der Waals surface area contributed by atoms with Crippen LogP contribution in [0.1, 0.15) is 30.3 Å². The molecule has 1 saturated heterocycles. The predicted molar refractivity (Wildman–Crippen MR) is 112 cm³/mol. The number of aromatic nitrogens is 4. The van der Waals surface area contributed by atoms with Crippen molar-refractivity contribution in [3.05, 3.63) is 28.8 Å². The van der Waals surface area contributed by atoms with Crippen LogP contribution in [0.4, 0.5) is 5.82 Å². The number of halogens is 1. The van der Waals surface area contributed by atoms with Gasteiger partial charge in [-0.05, 0) is 46.7 Å². The van der Waals surface area contributed by atoms with E-state index in [1.54, 1.807) is 23.9 Å². The van der Waals surface area contributed by atoms with Crippen molar-refractivity contribution in [2.24, 2.45) is 0 Å². The van der Waals surface area contributed by atoms with Gasteiger partial charge in [0.1, 0.15) is 5.82 Å². The minimum absolute atomic E-state index is 0.253. The van der Waals surface area contributed by atoms with Gasteiger partial charge in [0.2, 0.25) is 0 Å². The number of rotatable bonds is 7. The van der Waals surface area contributed by atoms with E-state index < -0.39 is 0 Å². The number of hydrogen-bond acceptors (Lipinski definition) is 7.